The van der Waals surface area contributed by atoms with Crippen molar-refractivity contribution >= 4 is 11.4 Å². The van der Waals surface area contributed by atoms with Crippen LogP contribution in [0.2, 0.25) is 0 Å². The highest BCUT2D eigenvalue weighted by Crippen LogP contribution is 2.21. The number of nitro groups is 1. The van der Waals surface area contributed by atoms with Gasteiger partial charge in [0.2, 0.25) is 5.82 Å². The number of anilines is 1. The van der Waals surface area contributed by atoms with Crippen LogP contribution in [-0.2, 0) is 17.9 Å². The SMILES string of the molecule is COCc1ccccc1CNc1ccc([N+](=O)[O-])c(F)c1. The molecule has 0 fully saturated rings. The van der Waals surface area contributed by atoms with E-state index < -0.39 is 16.4 Å². The molecular formula is C15H15FN2O3. The normalized spacial score (nSPS) is 10.4. The maximum absolute atomic E-state index is 13.5. The molecule has 0 aromatic heterocycles. The van der Waals surface area contributed by atoms with E-state index in [2.05, 4.69) is 5.32 Å². The Hall–Kier alpha value is -2.47. The lowest BCUT2D eigenvalue weighted by Crippen LogP contribution is -2.04. The smallest absolute Gasteiger partial charge is 0.304 e. The lowest BCUT2D eigenvalue weighted by Gasteiger charge is -2.11. The van der Waals surface area contributed by atoms with Crippen molar-refractivity contribution in [1.82, 2.24) is 0 Å². The van der Waals surface area contributed by atoms with Crippen LogP contribution in [0.3, 0.4) is 0 Å². The number of nitro benzene ring substituents is 1. The van der Waals surface area contributed by atoms with Gasteiger partial charge in [0.15, 0.2) is 0 Å². The van der Waals surface area contributed by atoms with Gasteiger partial charge in [0.1, 0.15) is 0 Å². The van der Waals surface area contributed by atoms with Crippen molar-refractivity contribution < 1.29 is 14.1 Å². The molecule has 0 spiro atoms. The molecular weight excluding hydrogens is 275 g/mol. The summed E-state index contributed by atoms with van der Waals surface area (Å²) in [5.41, 5.74) is 2.03. The first-order valence-corrected chi connectivity index (χ1v) is 6.35. The minimum absolute atomic E-state index is 0.483. The van der Waals surface area contributed by atoms with E-state index in [0.717, 1.165) is 23.3 Å². The summed E-state index contributed by atoms with van der Waals surface area (Å²) in [5, 5.41) is 13.6. The number of nitrogens with one attached hydrogen (secondary N) is 1. The molecule has 0 aliphatic heterocycles. The highest BCUT2D eigenvalue weighted by molar-refractivity contribution is 5.50. The van der Waals surface area contributed by atoms with Crippen LogP contribution >= 0.6 is 0 Å². The summed E-state index contributed by atoms with van der Waals surface area (Å²) in [6.45, 7) is 0.975. The van der Waals surface area contributed by atoms with Crippen LogP contribution in [0.5, 0.6) is 0 Å². The summed E-state index contributed by atoms with van der Waals surface area (Å²) in [6.07, 6.45) is 0. The fourth-order valence-corrected chi connectivity index (χ4v) is 1.99. The van der Waals surface area contributed by atoms with Gasteiger partial charge in [-0.15, -0.1) is 0 Å². The zero-order chi connectivity index (χ0) is 15.2. The number of hydrogen-bond acceptors (Lipinski definition) is 4. The zero-order valence-electron chi connectivity index (χ0n) is 11.5. The van der Waals surface area contributed by atoms with Gasteiger partial charge in [-0.3, -0.25) is 10.1 Å². The molecule has 0 amide bonds. The first-order valence-electron chi connectivity index (χ1n) is 6.35. The van der Waals surface area contributed by atoms with Gasteiger partial charge < -0.3 is 10.1 Å². The number of rotatable bonds is 6. The predicted octanol–water partition coefficient (Wildman–Crippen LogP) is 3.49. The quantitative estimate of drug-likeness (QED) is 0.653. The topological polar surface area (TPSA) is 64.4 Å². The second kappa shape index (κ2) is 6.81. The molecule has 21 heavy (non-hydrogen) atoms. The van der Waals surface area contributed by atoms with Gasteiger partial charge in [-0.1, -0.05) is 24.3 Å². The summed E-state index contributed by atoms with van der Waals surface area (Å²) in [6, 6.07) is 11.5. The molecule has 2 aromatic rings. The first-order chi connectivity index (χ1) is 10.1. The minimum atomic E-state index is -0.852. The van der Waals surface area contributed by atoms with Crippen LogP contribution in [-0.4, -0.2) is 12.0 Å². The number of methoxy groups -OCH3 is 1. The van der Waals surface area contributed by atoms with Crippen molar-refractivity contribution in [3.63, 3.8) is 0 Å². The molecule has 110 valence electrons. The number of hydrogen-bond donors (Lipinski definition) is 1. The van der Waals surface area contributed by atoms with E-state index in [4.69, 9.17) is 4.74 Å². The fraction of sp³-hybridized carbons (Fsp3) is 0.200. The first kappa shape index (κ1) is 14.9. The Morgan fingerprint density at radius 1 is 1.24 bits per heavy atom. The lowest BCUT2D eigenvalue weighted by atomic mass is 10.1. The number of halogens is 1. The average Bonchev–Trinajstić information content (AvgIpc) is 2.46. The molecule has 0 heterocycles. The summed E-state index contributed by atoms with van der Waals surface area (Å²) in [5.74, 6) is -0.852. The van der Waals surface area contributed by atoms with E-state index >= 15 is 0 Å². The number of ether oxygens (including phenoxy) is 1. The highest BCUT2D eigenvalue weighted by Gasteiger charge is 2.13. The Labute approximate surface area is 121 Å². The summed E-state index contributed by atoms with van der Waals surface area (Å²) in [7, 11) is 1.62. The Kier molecular flexibility index (Phi) is 4.84. The third kappa shape index (κ3) is 3.76. The van der Waals surface area contributed by atoms with Crippen molar-refractivity contribution in [1.29, 1.82) is 0 Å². The molecule has 2 rings (SSSR count). The van der Waals surface area contributed by atoms with E-state index in [0.29, 0.717) is 18.8 Å². The van der Waals surface area contributed by atoms with Crippen molar-refractivity contribution in [2.75, 3.05) is 12.4 Å². The third-order valence-electron chi connectivity index (χ3n) is 3.05. The van der Waals surface area contributed by atoms with Crippen LogP contribution < -0.4 is 5.32 Å². The number of benzene rings is 2. The van der Waals surface area contributed by atoms with Gasteiger partial charge in [0.25, 0.3) is 0 Å². The molecule has 0 atom stereocenters. The molecule has 0 bridgehead atoms. The molecule has 0 saturated heterocycles. The molecule has 6 heteroatoms. The molecule has 1 N–H and O–H groups in total. The van der Waals surface area contributed by atoms with Gasteiger partial charge in [0, 0.05) is 31.5 Å². The third-order valence-corrected chi connectivity index (χ3v) is 3.05. The lowest BCUT2D eigenvalue weighted by molar-refractivity contribution is -0.387. The van der Waals surface area contributed by atoms with E-state index in [1.807, 2.05) is 24.3 Å². The molecule has 0 aliphatic rings. The molecule has 0 saturated carbocycles. The van der Waals surface area contributed by atoms with Crippen molar-refractivity contribution in [2.24, 2.45) is 0 Å². The van der Waals surface area contributed by atoms with Crippen molar-refractivity contribution in [3.8, 4) is 0 Å². The van der Waals surface area contributed by atoms with Gasteiger partial charge in [-0.05, 0) is 17.2 Å². The van der Waals surface area contributed by atoms with E-state index in [1.54, 1.807) is 7.11 Å². The minimum Gasteiger partial charge on any atom is -0.381 e. The van der Waals surface area contributed by atoms with Gasteiger partial charge in [-0.25, -0.2) is 0 Å². The van der Waals surface area contributed by atoms with Crippen LogP contribution in [0.25, 0.3) is 0 Å². The summed E-state index contributed by atoms with van der Waals surface area (Å²) < 4.78 is 18.6. The second-order valence-corrected chi connectivity index (χ2v) is 4.48. The Morgan fingerprint density at radius 3 is 2.57 bits per heavy atom. The van der Waals surface area contributed by atoms with E-state index in [-0.39, 0.29) is 0 Å². The second-order valence-electron chi connectivity index (χ2n) is 4.48. The zero-order valence-corrected chi connectivity index (χ0v) is 11.5. The molecule has 0 unspecified atom stereocenters. The van der Waals surface area contributed by atoms with Crippen LogP contribution in [0, 0.1) is 15.9 Å². The summed E-state index contributed by atoms with van der Waals surface area (Å²) >= 11 is 0. The molecule has 2 aromatic carbocycles. The van der Waals surface area contributed by atoms with Gasteiger partial charge in [0.05, 0.1) is 11.5 Å². The highest BCUT2D eigenvalue weighted by atomic mass is 19.1. The Morgan fingerprint density at radius 2 is 1.95 bits per heavy atom. The monoisotopic (exact) mass is 290 g/mol. The van der Waals surface area contributed by atoms with Gasteiger partial charge >= 0.3 is 5.69 Å². The standard InChI is InChI=1S/C15H15FN2O3/c1-21-10-12-5-3-2-4-11(12)9-17-13-6-7-15(18(19)20)14(16)8-13/h2-8,17H,9-10H2,1H3. The Bertz CT molecular complexity index is 647. The number of nitrogens with zero attached hydrogens (tertiary/aromatic N) is 1. The molecule has 0 radical (unpaired) electrons. The molecule has 0 aliphatic carbocycles. The largest absolute Gasteiger partial charge is 0.381 e. The van der Waals surface area contributed by atoms with Gasteiger partial charge in [-0.2, -0.15) is 4.39 Å². The average molecular weight is 290 g/mol. The van der Waals surface area contributed by atoms with E-state index in [1.165, 1.54) is 6.07 Å². The molecule has 5 nitrogen and oxygen atoms in total. The maximum atomic E-state index is 13.5. The van der Waals surface area contributed by atoms with Crippen molar-refractivity contribution in [2.45, 2.75) is 13.2 Å². The maximum Gasteiger partial charge on any atom is 0.304 e. The van der Waals surface area contributed by atoms with Crippen molar-refractivity contribution in [3.05, 3.63) is 69.5 Å². The Balaban J connectivity index is 2.10. The fourth-order valence-electron chi connectivity index (χ4n) is 1.99. The van der Waals surface area contributed by atoms with Crippen LogP contribution in [0.15, 0.2) is 42.5 Å². The van der Waals surface area contributed by atoms with E-state index in [9.17, 15) is 14.5 Å². The predicted molar refractivity (Wildman–Crippen MR) is 77.5 cm³/mol. The van der Waals surface area contributed by atoms with Crippen LogP contribution in [0.4, 0.5) is 15.8 Å². The summed E-state index contributed by atoms with van der Waals surface area (Å²) in [4.78, 5) is 9.82. The van der Waals surface area contributed by atoms with Crippen LogP contribution in [0.1, 0.15) is 11.1 Å².